The Bertz CT molecular complexity index is 275. The zero-order chi connectivity index (χ0) is 8.13. The molecule has 0 unspecified atom stereocenters. The van der Waals surface area contributed by atoms with Crippen LogP contribution >= 0.6 is 0 Å². The number of carbonyl (C=O) groups is 1. The number of ketones is 1. The summed E-state index contributed by atoms with van der Waals surface area (Å²) in [5, 5.41) is 0. The Morgan fingerprint density at radius 3 is 2.92 bits per heavy atom. The van der Waals surface area contributed by atoms with Crippen LogP contribution in [0.2, 0.25) is 0 Å². The largest absolute Gasteiger partial charge is 0.300 e. The van der Waals surface area contributed by atoms with Crippen LogP contribution in [0.4, 0.5) is 0 Å². The van der Waals surface area contributed by atoms with Gasteiger partial charge in [-0.15, -0.1) is 0 Å². The molecule has 0 radical (unpaired) electrons. The van der Waals surface area contributed by atoms with Crippen molar-refractivity contribution >= 4 is 5.78 Å². The second-order valence-corrected chi connectivity index (χ2v) is 4.50. The summed E-state index contributed by atoms with van der Waals surface area (Å²) in [5.74, 6) is 1.96. The van der Waals surface area contributed by atoms with Gasteiger partial charge in [0.1, 0.15) is 5.78 Å². The van der Waals surface area contributed by atoms with Crippen molar-refractivity contribution in [2.24, 2.45) is 11.8 Å². The van der Waals surface area contributed by atoms with E-state index in [1.54, 1.807) is 11.1 Å². The molecule has 1 nitrogen and oxygen atoms in total. The van der Waals surface area contributed by atoms with Gasteiger partial charge in [-0.25, -0.2) is 0 Å². The van der Waals surface area contributed by atoms with E-state index < -0.39 is 0 Å². The molecule has 0 bridgehead atoms. The topological polar surface area (TPSA) is 17.1 Å². The highest BCUT2D eigenvalue weighted by Crippen LogP contribution is 2.51. The van der Waals surface area contributed by atoms with E-state index in [0.717, 1.165) is 18.8 Å². The van der Waals surface area contributed by atoms with Gasteiger partial charge < -0.3 is 0 Å². The van der Waals surface area contributed by atoms with Gasteiger partial charge in [0.25, 0.3) is 0 Å². The van der Waals surface area contributed by atoms with Crippen LogP contribution in [0.1, 0.15) is 38.5 Å². The van der Waals surface area contributed by atoms with E-state index in [4.69, 9.17) is 0 Å². The minimum atomic E-state index is 0.517. The predicted molar refractivity (Wildman–Crippen MR) is 46.7 cm³/mol. The normalized spacial score (nSPS) is 39.2. The maximum Gasteiger partial charge on any atom is 0.133 e. The second-order valence-electron chi connectivity index (χ2n) is 4.50. The number of hydrogen-bond donors (Lipinski definition) is 0. The van der Waals surface area contributed by atoms with Crippen molar-refractivity contribution in [1.29, 1.82) is 0 Å². The van der Waals surface area contributed by atoms with E-state index in [9.17, 15) is 4.79 Å². The van der Waals surface area contributed by atoms with Gasteiger partial charge in [0.15, 0.2) is 0 Å². The summed E-state index contributed by atoms with van der Waals surface area (Å²) in [6.07, 6.45) is 7.05. The third kappa shape index (κ3) is 0.769. The van der Waals surface area contributed by atoms with Crippen molar-refractivity contribution in [3.63, 3.8) is 0 Å². The van der Waals surface area contributed by atoms with Crippen LogP contribution in [0.15, 0.2) is 11.1 Å². The van der Waals surface area contributed by atoms with E-state index in [1.807, 2.05) is 0 Å². The molecule has 3 aliphatic rings. The molecule has 0 aromatic heterocycles. The van der Waals surface area contributed by atoms with Gasteiger partial charge in [0, 0.05) is 12.8 Å². The summed E-state index contributed by atoms with van der Waals surface area (Å²) < 4.78 is 0. The third-order valence-corrected chi connectivity index (χ3v) is 3.84. The van der Waals surface area contributed by atoms with Crippen LogP contribution < -0.4 is 0 Å². The van der Waals surface area contributed by atoms with E-state index in [0.29, 0.717) is 11.7 Å². The number of allylic oxidation sites excluding steroid dienone is 2. The maximum absolute atomic E-state index is 11.2. The molecule has 3 aliphatic carbocycles. The summed E-state index contributed by atoms with van der Waals surface area (Å²) in [5.41, 5.74) is 3.43. The Kier molecular flexibility index (Phi) is 1.27. The molecule has 2 atom stereocenters. The summed E-state index contributed by atoms with van der Waals surface area (Å²) >= 11 is 0. The molecule has 12 heavy (non-hydrogen) atoms. The van der Waals surface area contributed by atoms with Gasteiger partial charge >= 0.3 is 0 Å². The van der Waals surface area contributed by atoms with Gasteiger partial charge in [-0.1, -0.05) is 11.1 Å². The SMILES string of the molecule is O=C1C[C@@H]2CC3=C(CCC3)[C@@H]2C1. The molecule has 1 saturated carbocycles. The first-order chi connectivity index (χ1) is 5.84. The molecule has 0 N–H and O–H groups in total. The summed E-state index contributed by atoms with van der Waals surface area (Å²) in [6.45, 7) is 0. The first-order valence-electron chi connectivity index (χ1n) is 5.07. The van der Waals surface area contributed by atoms with Gasteiger partial charge in [0.05, 0.1) is 0 Å². The molecular formula is C11H14O. The quantitative estimate of drug-likeness (QED) is 0.500. The lowest BCUT2D eigenvalue weighted by Gasteiger charge is -2.11. The van der Waals surface area contributed by atoms with Gasteiger partial charge in [-0.05, 0) is 37.5 Å². The van der Waals surface area contributed by atoms with Crippen molar-refractivity contribution in [2.75, 3.05) is 0 Å². The van der Waals surface area contributed by atoms with Gasteiger partial charge in [-0.2, -0.15) is 0 Å². The van der Waals surface area contributed by atoms with Crippen molar-refractivity contribution in [3.8, 4) is 0 Å². The minimum Gasteiger partial charge on any atom is -0.300 e. The van der Waals surface area contributed by atoms with Crippen molar-refractivity contribution in [1.82, 2.24) is 0 Å². The monoisotopic (exact) mass is 162 g/mol. The molecule has 0 heterocycles. The Morgan fingerprint density at radius 2 is 2.00 bits per heavy atom. The molecule has 0 saturated heterocycles. The molecule has 1 heteroatoms. The Labute approximate surface area is 72.8 Å². The first-order valence-corrected chi connectivity index (χ1v) is 5.07. The molecule has 1 fully saturated rings. The molecular weight excluding hydrogens is 148 g/mol. The number of carbonyl (C=O) groups excluding carboxylic acids is 1. The van der Waals surface area contributed by atoms with E-state index in [-0.39, 0.29) is 0 Å². The molecule has 64 valence electrons. The number of rotatable bonds is 0. The Hall–Kier alpha value is -0.590. The number of Topliss-reactive ketones (excluding diaryl/α,β-unsaturated/α-hetero) is 1. The number of fused-ring (bicyclic) bond motifs is 2. The molecule has 0 spiro atoms. The lowest BCUT2D eigenvalue weighted by atomic mass is 9.93. The third-order valence-electron chi connectivity index (χ3n) is 3.84. The molecule has 0 amide bonds. The van der Waals surface area contributed by atoms with Crippen LogP contribution in [0, 0.1) is 11.8 Å². The van der Waals surface area contributed by atoms with Crippen molar-refractivity contribution in [3.05, 3.63) is 11.1 Å². The first kappa shape index (κ1) is 6.88. The van der Waals surface area contributed by atoms with E-state index in [1.165, 1.54) is 25.7 Å². The fourth-order valence-electron chi connectivity index (χ4n) is 3.38. The summed E-state index contributed by atoms with van der Waals surface area (Å²) in [4.78, 5) is 11.2. The molecule has 0 aromatic carbocycles. The molecule has 0 aromatic rings. The maximum atomic E-state index is 11.2. The average molecular weight is 162 g/mol. The second kappa shape index (κ2) is 2.21. The van der Waals surface area contributed by atoms with Crippen LogP contribution in [0.5, 0.6) is 0 Å². The van der Waals surface area contributed by atoms with E-state index >= 15 is 0 Å². The Morgan fingerprint density at radius 1 is 1.08 bits per heavy atom. The van der Waals surface area contributed by atoms with Gasteiger partial charge in [-0.3, -0.25) is 4.79 Å². The highest BCUT2D eigenvalue weighted by molar-refractivity contribution is 5.82. The smallest absolute Gasteiger partial charge is 0.133 e. The number of hydrogen-bond acceptors (Lipinski definition) is 1. The molecule has 0 aliphatic heterocycles. The summed E-state index contributed by atoms with van der Waals surface area (Å²) in [6, 6.07) is 0. The van der Waals surface area contributed by atoms with Gasteiger partial charge in [0.2, 0.25) is 0 Å². The Balaban J connectivity index is 1.93. The minimum absolute atomic E-state index is 0.517. The van der Waals surface area contributed by atoms with Crippen LogP contribution in [-0.2, 0) is 4.79 Å². The van der Waals surface area contributed by atoms with Crippen molar-refractivity contribution < 1.29 is 4.79 Å². The fourth-order valence-corrected chi connectivity index (χ4v) is 3.38. The summed E-state index contributed by atoms with van der Waals surface area (Å²) in [7, 11) is 0. The highest BCUT2D eigenvalue weighted by Gasteiger charge is 2.42. The predicted octanol–water partition coefficient (Wildman–Crippen LogP) is 2.47. The lowest BCUT2D eigenvalue weighted by Crippen LogP contribution is -2.02. The zero-order valence-electron chi connectivity index (χ0n) is 7.31. The standard InChI is InChI=1S/C11H14O/c12-9-5-8-4-7-2-1-3-10(7)11(8)6-9/h8,11H,1-6H2/t8-,11+/m0/s1. The zero-order valence-corrected chi connectivity index (χ0v) is 7.31. The van der Waals surface area contributed by atoms with Crippen LogP contribution in [0.25, 0.3) is 0 Å². The lowest BCUT2D eigenvalue weighted by molar-refractivity contribution is -0.117. The highest BCUT2D eigenvalue weighted by atomic mass is 16.1. The van der Waals surface area contributed by atoms with E-state index in [2.05, 4.69) is 0 Å². The van der Waals surface area contributed by atoms with Crippen LogP contribution in [-0.4, -0.2) is 5.78 Å². The van der Waals surface area contributed by atoms with Crippen LogP contribution in [0.3, 0.4) is 0 Å². The van der Waals surface area contributed by atoms with Crippen molar-refractivity contribution in [2.45, 2.75) is 38.5 Å². The average Bonchev–Trinajstić information content (AvgIpc) is 2.59. The fraction of sp³-hybridized carbons (Fsp3) is 0.727. The molecule has 3 rings (SSSR count).